The minimum Gasteiger partial charge on any atom is -0.481 e. The van der Waals surface area contributed by atoms with Crippen LogP contribution >= 0.6 is 11.9 Å². The number of rotatable bonds is 8. The van der Waals surface area contributed by atoms with Crippen LogP contribution in [-0.2, 0) is 6.42 Å². The predicted molar refractivity (Wildman–Crippen MR) is 125 cm³/mol. The Balaban J connectivity index is 1.59. The third-order valence-electron chi connectivity index (χ3n) is 5.25. The van der Waals surface area contributed by atoms with E-state index in [1.807, 2.05) is 13.8 Å². The summed E-state index contributed by atoms with van der Waals surface area (Å²) in [5.74, 6) is 1.81. The third kappa shape index (κ3) is 4.11. The second-order valence-electron chi connectivity index (χ2n) is 7.85. The zero-order valence-corrected chi connectivity index (χ0v) is 18.7. The monoisotopic (exact) mass is 443 g/mol. The van der Waals surface area contributed by atoms with Gasteiger partial charge in [-0.3, -0.25) is 9.29 Å². The number of methoxy groups -OCH3 is 1. The van der Waals surface area contributed by atoms with Crippen LogP contribution in [0.4, 0.5) is 5.95 Å². The van der Waals surface area contributed by atoms with E-state index < -0.39 is 16.8 Å². The highest BCUT2D eigenvalue weighted by Crippen LogP contribution is 2.66. The summed E-state index contributed by atoms with van der Waals surface area (Å²) in [6, 6.07) is 4.35. The molecule has 4 rings (SSSR count). The van der Waals surface area contributed by atoms with Gasteiger partial charge in [-0.2, -0.15) is 0 Å². The van der Waals surface area contributed by atoms with Crippen molar-refractivity contribution in [3.63, 3.8) is 0 Å². The summed E-state index contributed by atoms with van der Waals surface area (Å²) in [5, 5.41) is 17.5. The first-order valence-corrected chi connectivity index (χ1v) is 10.8. The Morgan fingerprint density at radius 3 is 2.56 bits per heavy atom. The zero-order valence-electron chi connectivity index (χ0n) is 17.9. The van der Waals surface area contributed by atoms with E-state index in [0.29, 0.717) is 29.8 Å². The number of nitrogens with zero attached hydrogens (tertiary/aromatic N) is 6. The molecule has 3 aromatic rings. The number of ether oxygens (including phenoxy) is 1. The zero-order chi connectivity index (χ0) is 23.1. The fourth-order valence-corrected chi connectivity index (χ4v) is 4.00. The van der Waals surface area contributed by atoms with Crippen LogP contribution in [0.15, 0.2) is 30.6 Å². The highest BCUT2D eigenvalue weighted by molar-refractivity contribution is 8.01. The molecule has 0 bridgehead atoms. The van der Waals surface area contributed by atoms with Gasteiger partial charge in [-0.15, -0.1) is 10.2 Å². The molecule has 13 heteroatoms. The summed E-state index contributed by atoms with van der Waals surface area (Å²) in [4.78, 5) is 13.1. The summed E-state index contributed by atoms with van der Waals surface area (Å²) < 4.78 is 9.95. The van der Waals surface area contributed by atoms with Crippen LogP contribution in [-0.4, -0.2) is 76.2 Å². The standard InChI is InChI=1S/C19H20B3N7O2S/c1-10-8-23-13(24-9-10)7-11(2)32-28-17-27-26-15(12-5-4-6-14(25-12)31-3)29(17)16-18(20,21)19(16,22)30/h4-6,8-9,11,16,30H,7H2,1-3H3,(H,27,28). The molecule has 1 aliphatic rings. The minimum absolute atomic E-state index is 0.0951. The molecule has 2 N–H and O–H groups in total. The lowest BCUT2D eigenvalue weighted by Gasteiger charge is -2.15. The Hall–Kier alpha value is -2.53. The molecule has 1 fully saturated rings. The summed E-state index contributed by atoms with van der Waals surface area (Å²) in [6.07, 6.45) is 4.21. The van der Waals surface area contributed by atoms with Crippen molar-refractivity contribution in [1.82, 2.24) is 29.7 Å². The third-order valence-corrected chi connectivity index (χ3v) is 6.12. The number of hydrogen-bond donors (Lipinski definition) is 2. The van der Waals surface area contributed by atoms with Gasteiger partial charge in [-0.25, -0.2) is 15.0 Å². The molecule has 3 aromatic heterocycles. The Morgan fingerprint density at radius 2 is 1.94 bits per heavy atom. The van der Waals surface area contributed by atoms with E-state index >= 15 is 0 Å². The molecule has 3 unspecified atom stereocenters. The van der Waals surface area contributed by atoms with Crippen molar-refractivity contribution in [2.45, 2.75) is 42.3 Å². The molecular weight excluding hydrogens is 423 g/mol. The van der Waals surface area contributed by atoms with Crippen LogP contribution < -0.4 is 9.46 Å². The van der Waals surface area contributed by atoms with E-state index in [9.17, 15) is 5.11 Å². The van der Waals surface area contributed by atoms with Crippen molar-refractivity contribution in [3.05, 3.63) is 42.0 Å². The molecular formula is C19H20B3N7O2S. The number of aryl methyl sites for hydroxylation is 1. The molecule has 0 spiro atoms. The Kier molecular flexibility index (Phi) is 5.97. The first kappa shape index (κ1) is 22.7. The topological polar surface area (TPSA) is 111 Å². The number of nitrogens with one attached hydrogen (secondary N) is 1. The first-order chi connectivity index (χ1) is 15.1. The van der Waals surface area contributed by atoms with Gasteiger partial charge in [0.15, 0.2) is 5.82 Å². The van der Waals surface area contributed by atoms with Gasteiger partial charge in [0.05, 0.1) is 28.8 Å². The first-order valence-electron chi connectivity index (χ1n) is 9.89. The molecule has 1 aliphatic carbocycles. The van der Waals surface area contributed by atoms with Crippen molar-refractivity contribution in [3.8, 4) is 17.4 Å². The van der Waals surface area contributed by atoms with Gasteiger partial charge in [0, 0.05) is 35.6 Å². The number of pyridine rings is 1. The van der Waals surface area contributed by atoms with Crippen LogP contribution in [0.5, 0.6) is 5.88 Å². The molecule has 32 heavy (non-hydrogen) atoms. The van der Waals surface area contributed by atoms with Gasteiger partial charge in [0.2, 0.25) is 11.8 Å². The molecule has 0 aromatic carbocycles. The fraction of sp³-hybridized carbons (Fsp3) is 0.421. The van der Waals surface area contributed by atoms with E-state index in [0.717, 1.165) is 11.4 Å². The quantitative estimate of drug-likeness (QED) is 0.390. The average molecular weight is 443 g/mol. The molecule has 158 valence electrons. The van der Waals surface area contributed by atoms with Gasteiger partial charge in [0.1, 0.15) is 19.4 Å². The van der Waals surface area contributed by atoms with E-state index in [-0.39, 0.29) is 5.25 Å². The molecule has 6 radical (unpaired) electrons. The average Bonchev–Trinajstić information content (AvgIpc) is 3.03. The summed E-state index contributed by atoms with van der Waals surface area (Å²) in [5.41, 5.74) is -0.370. The molecule has 3 heterocycles. The van der Waals surface area contributed by atoms with Crippen molar-refractivity contribution in [2.75, 3.05) is 11.8 Å². The fourth-order valence-electron chi connectivity index (χ4n) is 3.33. The van der Waals surface area contributed by atoms with Crippen LogP contribution in [0.2, 0.25) is 5.21 Å². The second kappa shape index (κ2) is 8.44. The van der Waals surface area contributed by atoms with Gasteiger partial charge in [0.25, 0.3) is 0 Å². The Labute approximate surface area is 194 Å². The molecule has 0 aliphatic heterocycles. The largest absolute Gasteiger partial charge is 0.481 e. The van der Waals surface area contributed by atoms with E-state index in [1.165, 1.54) is 19.1 Å². The number of hydrogen-bond acceptors (Lipinski definition) is 9. The van der Waals surface area contributed by atoms with E-state index in [2.05, 4.69) is 29.9 Å². The smallest absolute Gasteiger partial charge is 0.235 e. The lowest BCUT2D eigenvalue weighted by molar-refractivity contribution is 0.215. The predicted octanol–water partition coefficient (Wildman–Crippen LogP) is 1.00. The van der Waals surface area contributed by atoms with Gasteiger partial charge in [-0.1, -0.05) is 18.2 Å². The molecule has 0 amide bonds. The van der Waals surface area contributed by atoms with Gasteiger partial charge in [-0.05, 0) is 30.5 Å². The number of anilines is 1. The van der Waals surface area contributed by atoms with Gasteiger partial charge < -0.3 is 9.84 Å². The van der Waals surface area contributed by atoms with Crippen LogP contribution in [0.3, 0.4) is 0 Å². The molecule has 3 atom stereocenters. The lowest BCUT2D eigenvalue weighted by Crippen LogP contribution is -2.17. The summed E-state index contributed by atoms with van der Waals surface area (Å²) >= 11 is 1.40. The number of aliphatic hydroxyl groups is 1. The Morgan fingerprint density at radius 1 is 1.25 bits per heavy atom. The second-order valence-corrected chi connectivity index (χ2v) is 9.10. The summed E-state index contributed by atoms with van der Waals surface area (Å²) in [6.45, 7) is 3.97. The van der Waals surface area contributed by atoms with Crippen LogP contribution in [0, 0.1) is 6.92 Å². The van der Waals surface area contributed by atoms with Crippen LogP contribution in [0.1, 0.15) is 24.4 Å². The van der Waals surface area contributed by atoms with Gasteiger partial charge >= 0.3 is 0 Å². The number of aromatic nitrogens is 6. The molecule has 0 saturated heterocycles. The Bertz CT molecular complexity index is 1100. The van der Waals surface area contributed by atoms with Crippen molar-refractivity contribution >= 4 is 41.4 Å². The minimum atomic E-state index is -1.84. The van der Waals surface area contributed by atoms with Crippen LogP contribution in [0.25, 0.3) is 11.5 Å². The normalized spacial score (nSPS) is 22.3. The lowest BCUT2D eigenvalue weighted by atomic mass is 9.60. The van der Waals surface area contributed by atoms with Crippen molar-refractivity contribution < 1.29 is 9.84 Å². The maximum absolute atomic E-state index is 10.5. The highest BCUT2D eigenvalue weighted by atomic mass is 32.2. The summed E-state index contributed by atoms with van der Waals surface area (Å²) in [7, 11) is 19.6. The maximum Gasteiger partial charge on any atom is 0.235 e. The highest BCUT2D eigenvalue weighted by Gasteiger charge is 2.67. The van der Waals surface area contributed by atoms with Crippen molar-refractivity contribution in [1.29, 1.82) is 0 Å². The maximum atomic E-state index is 10.5. The van der Waals surface area contributed by atoms with Crippen molar-refractivity contribution in [2.24, 2.45) is 0 Å². The van der Waals surface area contributed by atoms with E-state index in [1.54, 1.807) is 35.2 Å². The van der Waals surface area contributed by atoms with E-state index in [4.69, 9.17) is 28.3 Å². The molecule has 1 saturated carbocycles. The SMILES string of the molecule is [B]C1([B])C(n2c(NSC(C)Cc3ncc(C)cn3)nnc2-c2cccc(OC)n2)C1([B])O. The molecule has 9 nitrogen and oxygen atoms in total.